The third kappa shape index (κ3) is 2.56. The number of sulfonamides is 1. The molecule has 0 aromatic heterocycles. The number of hydrogen-bond acceptors (Lipinski definition) is 3. The lowest BCUT2D eigenvalue weighted by molar-refractivity contribution is 0.410. The molecule has 0 aliphatic rings. The fourth-order valence-electron chi connectivity index (χ4n) is 1.13. The highest BCUT2D eigenvalue weighted by Gasteiger charge is 2.23. The van der Waals surface area contributed by atoms with Crippen molar-refractivity contribution in [3.05, 3.63) is 22.7 Å². The molecule has 0 aliphatic heterocycles. The van der Waals surface area contributed by atoms with Gasteiger partial charge in [0.2, 0.25) is 10.0 Å². The summed E-state index contributed by atoms with van der Waals surface area (Å²) in [6, 6.07) is 4.54. The molecule has 0 heterocycles. The second kappa shape index (κ2) is 4.73. The molecule has 1 aromatic rings. The molecule has 90 valence electrons. The van der Waals surface area contributed by atoms with E-state index in [4.69, 9.17) is 5.73 Å². The van der Waals surface area contributed by atoms with Crippen molar-refractivity contribution < 1.29 is 8.42 Å². The van der Waals surface area contributed by atoms with Gasteiger partial charge in [-0.1, -0.05) is 0 Å². The minimum Gasteiger partial charge on any atom is -0.398 e. The molecule has 6 heteroatoms. The molecule has 0 saturated carbocycles. The summed E-state index contributed by atoms with van der Waals surface area (Å²) in [6.45, 7) is 3.64. The molecule has 0 saturated heterocycles. The molecular formula is C10H15BrN2O2S. The first-order chi connectivity index (χ1) is 7.26. The lowest BCUT2D eigenvalue weighted by Gasteiger charge is -2.21. The molecule has 1 rings (SSSR count). The normalized spacial score (nSPS) is 12.4. The summed E-state index contributed by atoms with van der Waals surface area (Å²) < 4.78 is 26.2. The van der Waals surface area contributed by atoms with Crippen LogP contribution in [0.3, 0.4) is 0 Å². The summed E-state index contributed by atoms with van der Waals surface area (Å²) in [7, 11) is -1.89. The fourth-order valence-corrected chi connectivity index (χ4v) is 2.78. The molecule has 4 nitrogen and oxygen atoms in total. The number of halogens is 1. The van der Waals surface area contributed by atoms with E-state index in [1.54, 1.807) is 13.1 Å². The smallest absolute Gasteiger partial charge is 0.243 e. The van der Waals surface area contributed by atoms with Gasteiger partial charge in [-0.05, 0) is 48.0 Å². The molecule has 1 aromatic carbocycles. The standard InChI is InChI=1S/C10H15BrN2O2S/c1-7(2)13(3)16(14,15)8-4-5-9(11)10(12)6-8/h4-7H,12H2,1-3H3. The van der Waals surface area contributed by atoms with Crippen LogP contribution in [-0.2, 0) is 10.0 Å². The number of anilines is 1. The summed E-state index contributed by atoms with van der Waals surface area (Å²) in [6.07, 6.45) is 0. The second-order valence-electron chi connectivity index (χ2n) is 3.80. The van der Waals surface area contributed by atoms with Crippen LogP contribution in [0.5, 0.6) is 0 Å². The van der Waals surface area contributed by atoms with Crippen molar-refractivity contribution in [3.8, 4) is 0 Å². The molecule has 0 bridgehead atoms. The van der Waals surface area contributed by atoms with Crippen LogP contribution in [0.2, 0.25) is 0 Å². The first kappa shape index (κ1) is 13.5. The van der Waals surface area contributed by atoms with Crippen LogP contribution in [0.1, 0.15) is 13.8 Å². The van der Waals surface area contributed by atoms with E-state index in [1.165, 1.54) is 16.4 Å². The van der Waals surface area contributed by atoms with E-state index in [1.807, 2.05) is 13.8 Å². The van der Waals surface area contributed by atoms with Crippen LogP contribution >= 0.6 is 15.9 Å². The monoisotopic (exact) mass is 306 g/mol. The molecule has 2 N–H and O–H groups in total. The van der Waals surface area contributed by atoms with E-state index in [2.05, 4.69) is 15.9 Å². The molecule has 0 fully saturated rings. The Balaban J connectivity index is 3.23. The Kier molecular flexibility index (Phi) is 3.98. The average molecular weight is 307 g/mol. The maximum Gasteiger partial charge on any atom is 0.243 e. The lowest BCUT2D eigenvalue weighted by atomic mass is 10.3. The Morgan fingerprint density at radius 3 is 2.38 bits per heavy atom. The average Bonchev–Trinajstić information content (AvgIpc) is 2.20. The maximum atomic E-state index is 12.1. The van der Waals surface area contributed by atoms with Gasteiger partial charge >= 0.3 is 0 Å². The topological polar surface area (TPSA) is 63.4 Å². The third-order valence-corrected chi connectivity index (χ3v) is 5.12. The van der Waals surface area contributed by atoms with Gasteiger partial charge in [0.05, 0.1) is 4.90 Å². The van der Waals surface area contributed by atoms with Crippen molar-refractivity contribution in [2.24, 2.45) is 0 Å². The molecule has 0 atom stereocenters. The van der Waals surface area contributed by atoms with Gasteiger partial charge in [-0.15, -0.1) is 0 Å². The number of hydrogen-bond donors (Lipinski definition) is 1. The minimum atomic E-state index is -3.44. The highest BCUT2D eigenvalue weighted by Crippen LogP contribution is 2.24. The van der Waals surface area contributed by atoms with Gasteiger partial charge in [-0.25, -0.2) is 8.42 Å². The van der Waals surface area contributed by atoms with E-state index in [0.717, 1.165) is 0 Å². The highest BCUT2D eigenvalue weighted by atomic mass is 79.9. The number of benzene rings is 1. The molecule has 0 amide bonds. The van der Waals surface area contributed by atoms with Crippen molar-refractivity contribution >= 4 is 31.6 Å². The molecule has 0 spiro atoms. The van der Waals surface area contributed by atoms with Gasteiger partial charge < -0.3 is 5.73 Å². The summed E-state index contributed by atoms with van der Waals surface area (Å²) >= 11 is 3.23. The summed E-state index contributed by atoms with van der Waals surface area (Å²) in [5.41, 5.74) is 6.08. The van der Waals surface area contributed by atoms with Gasteiger partial charge in [0.15, 0.2) is 0 Å². The Morgan fingerprint density at radius 2 is 1.94 bits per heavy atom. The Hall–Kier alpha value is -0.590. The van der Waals surface area contributed by atoms with Crippen LogP contribution < -0.4 is 5.73 Å². The predicted octanol–water partition coefficient (Wildman–Crippen LogP) is 2.06. The predicted molar refractivity (Wildman–Crippen MR) is 68.6 cm³/mol. The first-order valence-electron chi connectivity index (χ1n) is 4.80. The summed E-state index contributed by atoms with van der Waals surface area (Å²) in [5, 5.41) is 0. The van der Waals surface area contributed by atoms with Gasteiger partial charge in [0, 0.05) is 23.2 Å². The Morgan fingerprint density at radius 1 is 1.38 bits per heavy atom. The van der Waals surface area contributed by atoms with E-state index >= 15 is 0 Å². The molecule has 0 unspecified atom stereocenters. The van der Waals surface area contributed by atoms with Crippen molar-refractivity contribution in [2.75, 3.05) is 12.8 Å². The van der Waals surface area contributed by atoms with E-state index < -0.39 is 10.0 Å². The number of nitrogens with zero attached hydrogens (tertiary/aromatic N) is 1. The summed E-state index contributed by atoms with van der Waals surface area (Å²) in [5.74, 6) is 0. The van der Waals surface area contributed by atoms with Crippen molar-refractivity contribution in [2.45, 2.75) is 24.8 Å². The van der Waals surface area contributed by atoms with Gasteiger partial charge in [-0.3, -0.25) is 0 Å². The van der Waals surface area contributed by atoms with Gasteiger partial charge in [0.1, 0.15) is 0 Å². The van der Waals surface area contributed by atoms with Crippen LogP contribution in [-0.4, -0.2) is 25.8 Å². The maximum absolute atomic E-state index is 12.1. The van der Waals surface area contributed by atoms with Crippen molar-refractivity contribution in [3.63, 3.8) is 0 Å². The van der Waals surface area contributed by atoms with E-state index in [9.17, 15) is 8.42 Å². The van der Waals surface area contributed by atoms with E-state index in [-0.39, 0.29) is 10.9 Å². The zero-order valence-electron chi connectivity index (χ0n) is 9.44. The Bertz CT molecular complexity index is 486. The minimum absolute atomic E-state index is 0.0881. The summed E-state index contributed by atoms with van der Waals surface area (Å²) in [4.78, 5) is 0.212. The van der Waals surface area contributed by atoms with Crippen LogP contribution in [0.4, 0.5) is 5.69 Å². The largest absolute Gasteiger partial charge is 0.398 e. The third-order valence-electron chi connectivity index (χ3n) is 2.37. The molecule has 0 radical (unpaired) electrons. The second-order valence-corrected chi connectivity index (χ2v) is 6.65. The first-order valence-corrected chi connectivity index (χ1v) is 7.03. The Labute approximate surface area is 105 Å². The number of nitrogens with two attached hydrogens (primary N) is 1. The fraction of sp³-hybridized carbons (Fsp3) is 0.400. The highest BCUT2D eigenvalue weighted by molar-refractivity contribution is 9.10. The van der Waals surface area contributed by atoms with Crippen LogP contribution in [0.15, 0.2) is 27.6 Å². The van der Waals surface area contributed by atoms with Crippen LogP contribution in [0.25, 0.3) is 0 Å². The van der Waals surface area contributed by atoms with Gasteiger partial charge in [0.25, 0.3) is 0 Å². The number of nitrogen functional groups attached to an aromatic ring is 1. The molecular weight excluding hydrogens is 292 g/mol. The lowest BCUT2D eigenvalue weighted by Crippen LogP contribution is -2.33. The van der Waals surface area contributed by atoms with Crippen LogP contribution in [0, 0.1) is 0 Å². The van der Waals surface area contributed by atoms with Gasteiger partial charge in [-0.2, -0.15) is 4.31 Å². The zero-order chi connectivity index (χ0) is 12.5. The van der Waals surface area contributed by atoms with E-state index in [0.29, 0.717) is 10.2 Å². The quantitative estimate of drug-likeness (QED) is 0.869. The van der Waals surface area contributed by atoms with Crippen molar-refractivity contribution in [1.29, 1.82) is 0 Å². The zero-order valence-corrected chi connectivity index (χ0v) is 11.8. The molecule has 0 aliphatic carbocycles. The van der Waals surface area contributed by atoms with Crippen molar-refractivity contribution in [1.82, 2.24) is 4.31 Å². The number of rotatable bonds is 3. The molecule has 16 heavy (non-hydrogen) atoms. The SMILES string of the molecule is CC(C)N(C)S(=O)(=O)c1ccc(Br)c(N)c1.